The minimum Gasteiger partial charge on any atom is -0.490 e. The summed E-state index contributed by atoms with van der Waals surface area (Å²) >= 11 is 13.4. The lowest BCUT2D eigenvalue weighted by atomic mass is 10.2. The van der Waals surface area contributed by atoms with Crippen LogP contribution in [-0.4, -0.2) is 35.1 Å². The number of thioether (sulfide) groups is 1. The van der Waals surface area contributed by atoms with Gasteiger partial charge in [0.15, 0.2) is 10.9 Å². The maximum atomic E-state index is 11.4. The molecule has 8 nitrogen and oxygen atoms in total. The lowest BCUT2D eigenvalue weighted by Crippen LogP contribution is -2.07. The summed E-state index contributed by atoms with van der Waals surface area (Å²) in [6.45, 7) is 0. The molecule has 0 radical (unpaired) electrons. The van der Waals surface area contributed by atoms with Crippen LogP contribution in [0.3, 0.4) is 0 Å². The minimum atomic E-state index is -0.515. The molecule has 0 aliphatic heterocycles. The quantitative estimate of drug-likeness (QED) is 0.167. The molecule has 0 saturated carbocycles. The van der Waals surface area contributed by atoms with Crippen LogP contribution in [0.25, 0.3) is 0 Å². The van der Waals surface area contributed by atoms with Crippen molar-refractivity contribution < 1.29 is 19.2 Å². The molecule has 0 unspecified atom stereocenters. The zero-order valence-electron chi connectivity index (χ0n) is 13.7. The van der Waals surface area contributed by atoms with E-state index in [9.17, 15) is 14.9 Å². The number of hydrogen-bond acceptors (Lipinski definition) is 8. The third-order valence-corrected chi connectivity index (χ3v) is 4.79. The summed E-state index contributed by atoms with van der Waals surface area (Å²) in [5.74, 6) is 0.0754. The Bertz CT molecular complexity index is 827. The van der Waals surface area contributed by atoms with Gasteiger partial charge in [-0.15, -0.1) is 0 Å². The fraction of sp³-hybridized carbons (Fsp3) is 0.267. The van der Waals surface area contributed by atoms with Gasteiger partial charge in [0.05, 0.1) is 25.6 Å². The molecule has 2 aromatic rings. The zero-order valence-corrected chi connectivity index (χ0v) is 16.0. The molecule has 0 atom stereocenters. The molecule has 11 heteroatoms. The van der Waals surface area contributed by atoms with E-state index in [2.05, 4.69) is 14.7 Å². The number of esters is 1. The Morgan fingerprint density at radius 1 is 1.27 bits per heavy atom. The van der Waals surface area contributed by atoms with Crippen LogP contribution in [-0.2, 0) is 21.7 Å². The molecule has 0 aliphatic rings. The van der Waals surface area contributed by atoms with E-state index in [0.717, 1.165) is 5.56 Å². The van der Waals surface area contributed by atoms with E-state index >= 15 is 0 Å². The molecule has 0 N–H and O–H groups in total. The summed E-state index contributed by atoms with van der Waals surface area (Å²) in [5.41, 5.74) is 0.948. The fourth-order valence-electron chi connectivity index (χ4n) is 1.95. The van der Waals surface area contributed by atoms with Gasteiger partial charge in [-0.1, -0.05) is 41.0 Å². The number of nitrogens with zero attached hydrogens (tertiary/aromatic N) is 3. The summed E-state index contributed by atoms with van der Waals surface area (Å²) in [7, 11) is 2.62. The highest BCUT2D eigenvalue weighted by atomic mass is 35.5. The predicted molar refractivity (Wildman–Crippen MR) is 97.0 cm³/mol. The van der Waals surface area contributed by atoms with E-state index in [1.807, 2.05) is 0 Å². The first kappa shape index (κ1) is 20.2. The van der Waals surface area contributed by atoms with Crippen molar-refractivity contribution in [2.45, 2.75) is 17.3 Å². The van der Waals surface area contributed by atoms with E-state index in [4.69, 9.17) is 27.9 Å². The monoisotopic (exact) mass is 417 g/mol. The lowest BCUT2D eigenvalue weighted by molar-refractivity contribution is -0.385. The van der Waals surface area contributed by atoms with Crippen molar-refractivity contribution in [2.24, 2.45) is 0 Å². The topological polar surface area (TPSA) is 104 Å². The number of carbonyl (C=O) groups excluding carboxylic acids is 1. The zero-order chi connectivity index (χ0) is 19.3. The largest absolute Gasteiger partial charge is 0.490 e. The van der Waals surface area contributed by atoms with Gasteiger partial charge >= 0.3 is 11.7 Å². The highest BCUT2D eigenvalue weighted by Crippen LogP contribution is 2.31. The van der Waals surface area contributed by atoms with Crippen molar-refractivity contribution in [1.82, 2.24) is 9.97 Å². The number of benzene rings is 1. The first-order chi connectivity index (χ1) is 12.3. The molecule has 26 heavy (non-hydrogen) atoms. The first-order valence-corrected chi connectivity index (χ1v) is 8.82. The summed E-state index contributed by atoms with van der Waals surface area (Å²) in [5, 5.41) is 11.4. The van der Waals surface area contributed by atoms with Gasteiger partial charge in [0.25, 0.3) is 0 Å². The summed E-state index contributed by atoms with van der Waals surface area (Å²) in [6, 6.07) is 4.55. The van der Waals surface area contributed by atoms with Crippen LogP contribution >= 0.6 is 35.0 Å². The van der Waals surface area contributed by atoms with Crippen LogP contribution in [0.15, 0.2) is 23.4 Å². The maximum absolute atomic E-state index is 11.4. The van der Waals surface area contributed by atoms with Crippen LogP contribution in [0.5, 0.6) is 5.75 Å². The van der Waals surface area contributed by atoms with Crippen LogP contribution < -0.4 is 4.74 Å². The van der Waals surface area contributed by atoms with Gasteiger partial charge < -0.3 is 9.47 Å². The van der Waals surface area contributed by atoms with Crippen molar-refractivity contribution in [3.05, 3.63) is 49.7 Å². The van der Waals surface area contributed by atoms with Gasteiger partial charge in [-0.05, 0) is 11.6 Å². The number of carbonyl (C=O) groups is 1. The van der Waals surface area contributed by atoms with E-state index in [1.54, 1.807) is 12.1 Å². The molecule has 0 amide bonds. The number of aromatic nitrogens is 2. The maximum Gasteiger partial charge on any atom is 0.310 e. The summed E-state index contributed by atoms with van der Waals surface area (Å²) < 4.78 is 9.60. The molecule has 1 aromatic heterocycles. The van der Waals surface area contributed by atoms with Crippen LogP contribution in [0, 0.1) is 10.1 Å². The number of hydrogen-bond donors (Lipinski definition) is 0. The van der Waals surface area contributed by atoms with Gasteiger partial charge in [0.2, 0.25) is 0 Å². The second-order valence-electron chi connectivity index (χ2n) is 4.87. The minimum absolute atomic E-state index is 0.0687. The van der Waals surface area contributed by atoms with E-state index in [1.165, 1.54) is 32.0 Å². The number of nitro groups is 1. The van der Waals surface area contributed by atoms with Crippen molar-refractivity contribution in [2.75, 3.05) is 14.2 Å². The van der Waals surface area contributed by atoms with Gasteiger partial charge in [0.1, 0.15) is 10.3 Å². The third-order valence-electron chi connectivity index (χ3n) is 3.24. The molecule has 0 saturated heterocycles. The molecular formula is C15H13Cl2N3O5S. The Labute approximate surface area is 163 Å². The first-order valence-electron chi connectivity index (χ1n) is 7.08. The number of ether oxygens (including phenoxy) is 2. The van der Waals surface area contributed by atoms with Crippen molar-refractivity contribution in [3.63, 3.8) is 0 Å². The fourth-order valence-corrected chi connectivity index (χ4v) is 3.36. The van der Waals surface area contributed by atoms with E-state index in [0.29, 0.717) is 16.5 Å². The smallest absolute Gasteiger partial charge is 0.310 e. The predicted octanol–water partition coefficient (Wildman–Crippen LogP) is 3.71. The Balaban J connectivity index is 2.15. The number of halogens is 2. The molecule has 0 bridgehead atoms. The molecule has 0 fully saturated rings. The second-order valence-corrected chi connectivity index (χ2v) is 6.53. The Kier molecular flexibility index (Phi) is 7.01. The normalized spacial score (nSPS) is 10.5. The summed E-state index contributed by atoms with van der Waals surface area (Å²) in [4.78, 5) is 30.0. The number of rotatable bonds is 7. The van der Waals surface area contributed by atoms with Gasteiger partial charge in [-0.3, -0.25) is 14.9 Å². The van der Waals surface area contributed by atoms with Crippen LogP contribution in [0.2, 0.25) is 10.3 Å². The lowest BCUT2D eigenvalue weighted by Gasteiger charge is -2.08. The third kappa shape index (κ3) is 4.96. The van der Waals surface area contributed by atoms with Crippen molar-refractivity contribution in [3.8, 4) is 5.75 Å². The van der Waals surface area contributed by atoms with Gasteiger partial charge in [-0.25, -0.2) is 9.97 Å². The highest BCUT2D eigenvalue weighted by molar-refractivity contribution is 7.98. The molecule has 1 aromatic carbocycles. The number of methoxy groups -OCH3 is 2. The van der Waals surface area contributed by atoms with Crippen LogP contribution in [0.1, 0.15) is 11.1 Å². The van der Waals surface area contributed by atoms with Crippen molar-refractivity contribution in [1.29, 1.82) is 0 Å². The van der Waals surface area contributed by atoms with E-state index in [-0.39, 0.29) is 28.2 Å². The molecule has 0 spiro atoms. The Morgan fingerprint density at radius 3 is 2.46 bits per heavy atom. The van der Waals surface area contributed by atoms with Crippen LogP contribution in [0.4, 0.5) is 5.69 Å². The molecule has 2 rings (SSSR count). The Hall–Kier alpha value is -2.10. The molecule has 0 aliphatic carbocycles. The van der Waals surface area contributed by atoms with E-state index < -0.39 is 10.9 Å². The number of nitro benzene ring substituents is 1. The Morgan fingerprint density at radius 2 is 1.92 bits per heavy atom. The molecular weight excluding hydrogens is 405 g/mol. The molecule has 138 valence electrons. The molecule has 1 heterocycles. The summed E-state index contributed by atoms with van der Waals surface area (Å²) in [6.07, 6.45) is -0.126. The average Bonchev–Trinajstić information content (AvgIpc) is 2.62. The highest BCUT2D eigenvalue weighted by Gasteiger charge is 2.17. The standard InChI is InChI=1S/C15H13Cl2N3O5S/c1-24-11-5-8(3-4-10(11)20(22)23)7-26-15-18-13(16)9(14(17)19-15)6-12(21)25-2/h3-5H,6-7H2,1-2H3. The SMILES string of the molecule is COC(=O)Cc1c(Cl)nc(SCc2ccc([N+](=O)[O-])c(OC)c2)nc1Cl. The van der Waals surface area contributed by atoms with Crippen molar-refractivity contribution >= 4 is 46.6 Å². The average molecular weight is 418 g/mol. The van der Waals surface area contributed by atoms with Gasteiger partial charge in [-0.2, -0.15) is 0 Å². The second kappa shape index (κ2) is 9.02. The van der Waals surface area contributed by atoms with Gasteiger partial charge in [0, 0.05) is 17.4 Å².